The van der Waals surface area contributed by atoms with E-state index < -0.39 is 34.9 Å². The molecule has 4 rings (SSSR count). The number of aromatic amines is 1. The van der Waals surface area contributed by atoms with Crippen molar-refractivity contribution in [1.82, 2.24) is 10.3 Å². The van der Waals surface area contributed by atoms with Crippen molar-refractivity contribution in [3.8, 4) is 5.75 Å². The molecule has 1 aromatic heterocycles. The van der Waals surface area contributed by atoms with Crippen LogP contribution in [0.2, 0.25) is 0 Å². The van der Waals surface area contributed by atoms with Gasteiger partial charge in [-0.1, -0.05) is 42.5 Å². The van der Waals surface area contributed by atoms with Crippen molar-refractivity contribution in [3.05, 3.63) is 99.0 Å². The number of nitrogens with one attached hydrogen (secondary N) is 2. The van der Waals surface area contributed by atoms with Crippen LogP contribution in [0.1, 0.15) is 38.8 Å². The lowest BCUT2D eigenvalue weighted by Crippen LogP contribution is -2.34. The van der Waals surface area contributed by atoms with E-state index in [1.54, 1.807) is 29.2 Å². The third-order valence-electron chi connectivity index (χ3n) is 4.71. The van der Waals surface area contributed by atoms with Gasteiger partial charge in [-0.05, 0) is 29.3 Å². The van der Waals surface area contributed by atoms with Crippen molar-refractivity contribution in [2.75, 3.05) is 0 Å². The maximum absolute atomic E-state index is 12.8. The van der Waals surface area contributed by atoms with Crippen molar-refractivity contribution in [2.45, 2.75) is 18.8 Å². The fourth-order valence-corrected chi connectivity index (χ4v) is 3.30. The smallest absolute Gasteiger partial charge is 0.431 e. The third kappa shape index (κ3) is 3.61. The number of benzene rings is 2. The highest BCUT2D eigenvalue weighted by Gasteiger charge is 2.33. The second-order valence-corrected chi connectivity index (χ2v) is 6.54. The number of para-hydroxylation sites is 1. The molecule has 3 aromatic rings. The summed E-state index contributed by atoms with van der Waals surface area (Å²) in [6, 6.07) is 15.4. The van der Waals surface area contributed by atoms with Crippen molar-refractivity contribution in [2.24, 2.45) is 0 Å². The van der Waals surface area contributed by atoms with Gasteiger partial charge in [0.05, 0.1) is 6.04 Å². The average molecular weight is 400 g/mol. The van der Waals surface area contributed by atoms with Crippen molar-refractivity contribution < 1.29 is 22.7 Å². The molecule has 0 fully saturated rings. The Hall–Kier alpha value is -3.55. The van der Waals surface area contributed by atoms with E-state index in [1.807, 2.05) is 24.3 Å². The monoisotopic (exact) mass is 400 g/mol. The van der Waals surface area contributed by atoms with Crippen LogP contribution < -0.4 is 15.6 Å². The standard InChI is InChI=1S/C21H15F3N2O3/c22-21(23,24)17-10-9-15(19(27)25-17)20(28)26-18-13-6-2-1-5-12(13)11-29-16-8-4-3-7-14(16)18/h1-10,18H,11H2,(H,25,27)(H,26,28). The molecule has 1 unspecified atom stereocenters. The molecule has 0 saturated heterocycles. The minimum Gasteiger partial charge on any atom is -0.489 e. The number of carbonyl (C=O) groups is 1. The van der Waals surface area contributed by atoms with Crippen LogP contribution in [0.3, 0.4) is 0 Å². The summed E-state index contributed by atoms with van der Waals surface area (Å²) in [5, 5.41) is 2.77. The largest absolute Gasteiger partial charge is 0.489 e. The van der Waals surface area contributed by atoms with Crippen molar-refractivity contribution in [1.29, 1.82) is 0 Å². The maximum atomic E-state index is 12.8. The summed E-state index contributed by atoms with van der Waals surface area (Å²) in [5.74, 6) is -0.202. The summed E-state index contributed by atoms with van der Waals surface area (Å²) in [5.41, 5.74) is -0.391. The maximum Gasteiger partial charge on any atom is 0.431 e. The van der Waals surface area contributed by atoms with E-state index >= 15 is 0 Å². The lowest BCUT2D eigenvalue weighted by atomic mass is 9.94. The number of halogens is 3. The van der Waals surface area contributed by atoms with E-state index in [-0.39, 0.29) is 0 Å². The quantitative estimate of drug-likeness (QED) is 0.687. The number of carbonyl (C=O) groups excluding carboxylic acids is 1. The molecule has 1 amide bonds. The molecule has 2 N–H and O–H groups in total. The predicted octanol–water partition coefficient (Wildman–Crippen LogP) is 3.81. The van der Waals surface area contributed by atoms with Crippen LogP contribution in [-0.2, 0) is 12.8 Å². The topological polar surface area (TPSA) is 71.2 Å². The van der Waals surface area contributed by atoms with Crippen LogP contribution in [0.4, 0.5) is 13.2 Å². The molecule has 148 valence electrons. The summed E-state index contributed by atoms with van der Waals surface area (Å²) in [7, 11) is 0. The van der Waals surface area contributed by atoms with E-state index in [2.05, 4.69) is 5.32 Å². The number of alkyl halides is 3. The number of pyridine rings is 1. The SMILES string of the molecule is O=C(NC1c2ccccc2COc2ccccc21)c1ccc(C(F)(F)F)[nH]c1=O. The van der Waals surface area contributed by atoms with E-state index in [9.17, 15) is 22.8 Å². The molecule has 0 bridgehead atoms. The van der Waals surface area contributed by atoms with Crippen LogP contribution in [0, 0.1) is 0 Å². The van der Waals surface area contributed by atoms with Crippen LogP contribution in [0.5, 0.6) is 5.75 Å². The van der Waals surface area contributed by atoms with Gasteiger partial charge in [0.15, 0.2) is 0 Å². The molecule has 0 radical (unpaired) electrons. The fraction of sp³-hybridized carbons (Fsp3) is 0.143. The van der Waals surface area contributed by atoms with E-state index in [4.69, 9.17) is 4.74 Å². The molecule has 2 heterocycles. The highest BCUT2D eigenvalue weighted by molar-refractivity contribution is 5.94. The molecule has 2 aromatic carbocycles. The molecule has 0 spiro atoms. The number of hydrogen-bond acceptors (Lipinski definition) is 3. The Kier molecular flexibility index (Phi) is 4.62. The Labute approximate surface area is 163 Å². The Morgan fingerprint density at radius 2 is 1.69 bits per heavy atom. The Morgan fingerprint density at radius 1 is 1.00 bits per heavy atom. The van der Waals surface area contributed by atoms with Crippen LogP contribution in [0.15, 0.2) is 65.5 Å². The first-order valence-corrected chi connectivity index (χ1v) is 8.75. The molecule has 1 aliphatic rings. The van der Waals surface area contributed by atoms with Gasteiger partial charge in [0.1, 0.15) is 23.6 Å². The van der Waals surface area contributed by atoms with E-state index in [0.717, 1.165) is 17.2 Å². The number of H-pyrrole nitrogens is 1. The van der Waals surface area contributed by atoms with Gasteiger partial charge >= 0.3 is 6.18 Å². The number of fused-ring (bicyclic) bond motifs is 2. The second-order valence-electron chi connectivity index (χ2n) is 6.54. The summed E-state index contributed by atoms with van der Waals surface area (Å²) in [6.45, 7) is 0.306. The lowest BCUT2D eigenvalue weighted by Gasteiger charge is -2.20. The number of ether oxygens (including phenoxy) is 1. The third-order valence-corrected chi connectivity index (χ3v) is 4.71. The molecular formula is C21H15F3N2O3. The highest BCUT2D eigenvalue weighted by Crippen LogP contribution is 2.35. The van der Waals surface area contributed by atoms with Crippen molar-refractivity contribution >= 4 is 5.91 Å². The average Bonchev–Trinajstić information content (AvgIpc) is 2.85. The van der Waals surface area contributed by atoms with E-state index in [0.29, 0.717) is 24.0 Å². The first-order chi connectivity index (χ1) is 13.8. The zero-order valence-corrected chi connectivity index (χ0v) is 14.9. The number of rotatable bonds is 2. The Bertz CT molecular complexity index is 1090. The number of hydrogen-bond donors (Lipinski definition) is 2. The first kappa shape index (κ1) is 18.8. The van der Waals surface area contributed by atoms with Gasteiger partial charge in [-0.25, -0.2) is 0 Å². The van der Waals surface area contributed by atoms with Gasteiger partial charge in [-0.3, -0.25) is 9.59 Å². The predicted molar refractivity (Wildman–Crippen MR) is 98.6 cm³/mol. The summed E-state index contributed by atoms with van der Waals surface area (Å²) >= 11 is 0. The summed E-state index contributed by atoms with van der Waals surface area (Å²) in [6.07, 6.45) is -4.70. The molecule has 29 heavy (non-hydrogen) atoms. The lowest BCUT2D eigenvalue weighted by molar-refractivity contribution is -0.141. The molecule has 0 aliphatic carbocycles. The van der Waals surface area contributed by atoms with Crippen LogP contribution in [-0.4, -0.2) is 10.9 Å². The first-order valence-electron chi connectivity index (χ1n) is 8.75. The zero-order chi connectivity index (χ0) is 20.6. The van der Waals surface area contributed by atoms with Crippen LogP contribution >= 0.6 is 0 Å². The highest BCUT2D eigenvalue weighted by atomic mass is 19.4. The Balaban J connectivity index is 1.73. The fourth-order valence-electron chi connectivity index (χ4n) is 3.30. The summed E-state index contributed by atoms with van der Waals surface area (Å²) in [4.78, 5) is 26.6. The minimum atomic E-state index is -4.70. The Morgan fingerprint density at radius 3 is 2.41 bits per heavy atom. The molecular weight excluding hydrogens is 385 g/mol. The number of amides is 1. The van der Waals surface area contributed by atoms with Gasteiger partial charge in [-0.2, -0.15) is 13.2 Å². The molecule has 0 saturated carbocycles. The second kappa shape index (κ2) is 7.12. The molecule has 1 aliphatic heterocycles. The zero-order valence-electron chi connectivity index (χ0n) is 14.9. The molecule has 5 nitrogen and oxygen atoms in total. The van der Waals surface area contributed by atoms with Crippen molar-refractivity contribution in [3.63, 3.8) is 0 Å². The van der Waals surface area contributed by atoms with E-state index in [1.165, 1.54) is 0 Å². The number of aromatic nitrogens is 1. The van der Waals surface area contributed by atoms with Gasteiger partial charge in [0.25, 0.3) is 11.5 Å². The normalized spacial score (nSPS) is 15.5. The van der Waals surface area contributed by atoms with Gasteiger partial charge < -0.3 is 15.0 Å². The van der Waals surface area contributed by atoms with Gasteiger partial charge in [0, 0.05) is 5.56 Å². The van der Waals surface area contributed by atoms with Gasteiger partial charge in [-0.15, -0.1) is 0 Å². The molecule has 8 heteroatoms. The summed E-state index contributed by atoms with van der Waals surface area (Å²) < 4.78 is 44.1. The van der Waals surface area contributed by atoms with Crippen LogP contribution in [0.25, 0.3) is 0 Å². The molecule has 1 atom stereocenters. The minimum absolute atomic E-state index is 0.306. The van der Waals surface area contributed by atoms with Gasteiger partial charge in [0.2, 0.25) is 0 Å².